The minimum Gasteiger partial charge on any atom is -0.464 e. The van der Waals surface area contributed by atoms with Gasteiger partial charge in [-0.1, -0.05) is 0 Å². The second kappa shape index (κ2) is 9.73. The van der Waals surface area contributed by atoms with Crippen LogP contribution in [0.2, 0.25) is 0 Å². The molecule has 1 aromatic heterocycles. The van der Waals surface area contributed by atoms with Gasteiger partial charge in [-0.15, -0.1) is 0 Å². The van der Waals surface area contributed by atoms with Crippen LogP contribution in [0.15, 0.2) is 59.0 Å². The molecule has 0 bridgehead atoms. The second-order valence-corrected chi connectivity index (χ2v) is 9.26. The predicted molar refractivity (Wildman–Crippen MR) is 129 cm³/mol. The topological polar surface area (TPSA) is 110 Å². The number of hydrogen-bond donors (Lipinski definition) is 2. The smallest absolute Gasteiger partial charge is 0.317 e. The molecular formula is C26H26FN3O6. The minimum atomic E-state index is -1.33. The fourth-order valence-electron chi connectivity index (χ4n) is 3.66. The van der Waals surface area contributed by atoms with Gasteiger partial charge in [0.25, 0.3) is 5.91 Å². The molecule has 188 valence electrons. The Kier molecular flexibility index (Phi) is 6.69. The van der Waals surface area contributed by atoms with E-state index < -0.39 is 35.1 Å². The maximum Gasteiger partial charge on any atom is 0.317 e. The number of nitrogens with one attached hydrogen (secondary N) is 2. The molecule has 2 heterocycles. The fraction of sp³-hybridized carbons (Fsp3) is 0.269. The molecule has 0 saturated heterocycles. The lowest BCUT2D eigenvalue weighted by Gasteiger charge is -2.32. The van der Waals surface area contributed by atoms with Crippen LogP contribution in [0.1, 0.15) is 38.3 Å². The van der Waals surface area contributed by atoms with Gasteiger partial charge < -0.3 is 24.5 Å². The molecule has 1 aliphatic rings. The standard InChI is InChI=1S/C26H26FN3O6/c1-15-5-11-20(36-15)22(23(31)29-26(2,3)4)30(18-10-12-19-21(13-18)35-14-34-19)25(33)24(32)28-17-8-6-16(27)7-9-17/h5-13,22H,14H2,1-4H3,(H,28,32)(H,29,31). The third-order valence-corrected chi connectivity index (χ3v) is 5.18. The highest BCUT2D eigenvalue weighted by atomic mass is 19.1. The first kappa shape index (κ1) is 24.8. The molecule has 3 amide bonds. The van der Waals surface area contributed by atoms with Crippen molar-refractivity contribution in [2.24, 2.45) is 0 Å². The number of carbonyl (C=O) groups is 3. The van der Waals surface area contributed by atoms with E-state index in [0.29, 0.717) is 17.3 Å². The second-order valence-electron chi connectivity index (χ2n) is 9.26. The first-order valence-electron chi connectivity index (χ1n) is 11.2. The van der Waals surface area contributed by atoms with Crippen LogP contribution in [-0.2, 0) is 14.4 Å². The lowest BCUT2D eigenvalue weighted by atomic mass is 10.1. The number of amides is 3. The van der Waals surface area contributed by atoms with Crippen LogP contribution in [0.5, 0.6) is 11.5 Å². The van der Waals surface area contributed by atoms with Gasteiger partial charge in [-0.05, 0) is 76.2 Å². The Morgan fingerprint density at radius 1 is 0.972 bits per heavy atom. The van der Waals surface area contributed by atoms with Crippen LogP contribution in [0, 0.1) is 12.7 Å². The van der Waals surface area contributed by atoms with Crippen LogP contribution in [0.4, 0.5) is 15.8 Å². The normalized spacial score (nSPS) is 13.1. The Hall–Kier alpha value is -4.34. The largest absolute Gasteiger partial charge is 0.464 e. The summed E-state index contributed by atoms with van der Waals surface area (Å²) in [6.45, 7) is 7.09. The number of fused-ring (bicyclic) bond motifs is 1. The molecule has 1 unspecified atom stereocenters. The molecule has 2 N–H and O–H groups in total. The van der Waals surface area contributed by atoms with E-state index in [9.17, 15) is 18.8 Å². The van der Waals surface area contributed by atoms with Crippen molar-refractivity contribution in [3.8, 4) is 11.5 Å². The highest BCUT2D eigenvalue weighted by molar-refractivity contribution is 6.45. The first-order valence-corrected chi connectivity index (χ1v) is 11.2. The van der Waals surface area contributed by atoms with Crippen LogP contribution >= 0.6 is 0 Å². The van der Waals surface area contributed by atoms with Gasteiger partial charge in [0.05, 0.1) is 0 Å². The number of furan rings is 1. The van der Waals surface area contributed by atoms with Gasteiger partial charge in [0.15, 0.2) is 17.5 Å². The zero-order chi connectivity index (χ0) is 26.0. The zero-order valence-electron chi connectivity index (χ0n) is 20.3. The number of anilines is 2. The molecule has 9 nitrogen and oxygen atoms in total. The number of carbonyl (C=O) groups excluding carboxylic acids is 3. The van der Waals surface area contributed by atoms with Crippen molar-refractivity contribution in [1.29, 1.82) is 0 Å². The molecule has 4 rings (SSSR count). The molecular weight excluding hydrogens is 469 g/mol. The first-order chi connectivity index (χ1) is 17.0. The van der Waals surface area contributed by atoms with E-state index in [1.165, 1.54) is 18.2 Å². The van der Waals surface area contributed by atoms with E-state index in [2.05, 4.69) is 10.6 Å². The maximum atomic E-state index is 13.7. The number of rotatable bonds is 5. The van der Waals surface area contributed by atoms with E-state index in [4.69, 9.17) is 13.9 Å². The van der Waals surface area contributed by atoms with Crippen molar-refractivity contribution in [2.75, 3.05) is 17.0 Å². The monoisotopic (exact) mass is 495 g/mol. The van der Waals surface area contributed by atoms with Crippen LogP contribution in [-0.4, -0.2) is 30.1 Å². The van der Waals surface area contributed by atoms with Crippen molar-refractivity contribution in [1.82, 2.24) is 5.32 Å². The Labute approximate surface area is 207 Å². The third-order valence-electron chi connectivity index (χ3n) is 5.18. The zero-order valence-corrected chi connectivity index (χ0v) is 20.3. The Morgan fingerprint density at radius 3 is 2.31 bits per heavy atom. The molecule has 0 fully saturated rings. The molecule has 0 spiro atoms. The summed E-state index contributed by atoms with van der Waals surface area (Å²) in [7, 11) is 0. The average molecular weight is 496 g/mol. The lowest BCUT2D eigenvalue weighted by molar-refractivity contribution is -0.136. The Morgan fingerprint density at radius 2 is 1.67 bits per heavy atom. The molecule has 0 aliphatic carbocycles. The van der Waals surface area contributed by atoms with E-state index in [0.717, 1.165) is 17.0 Å². The van der Waals surface area contributed by atoms with Gasteiger partial charge in [0.2, 0.25) is 6.79 Å². The average Bonchev–Trinajstić information content (AvgIpc) is 3.45. The number of halogens is 1. The summed E-state index contributed by atoms with van der Waals surface area (Å²) in [6.07, 6.45) is 0. The van der Waals surface area contributed by atoms with E-state index >= 15 is 0 Å². The molecule has 36 heavy (non-hydrogen) atoms. The summed E-state index contributed by atoms with van der Waals surface area (Å²) in [5.41, 5.74) is -0.219. The number of benzene rings is 2. The van der Waals surface area contributed by atoms with Gasteiger partial charge in [-0.25, -0.2) is 4.39 Å². The number of hydrogen-bond acceptors (Lipinski definition) is 6. The maximum absolute atomic E-state index is 13.7. The van der Waals surface area contributed by atoms with Crippen molar-refractivity contribution < 1.29 is 32.7 Å². The van der Waals surface area contributed by atoms with Gasteiger partial charge >= 0.3 is 11.8 Å². The Balaban J connectivity index is 1.78. The quantitative estimate of drug-likeness (QED) is 0.516. The van der Waals surface area contributed by atoms with E-state index in [1.54, 1.807) is 52.0 Å². The molecule has 2 aromatic carbocycles. The molecule has 10 heteroatoms. The highest BCUT2D eigenvalue weighted by Crippen LogP contribution is 2.38. The Bertz CT molecular complexity index is 1300. The number of aryl methyl sites for hydroxylation is 1. The summed E-state index contributed by atoms with van der Waals surface area (Å²) >= 11 is 0. The molecule has 3 aromatic rings. The summed E-state index contributed by atoms with van der Waals surface area (Å²) in [6, 6.07) is 11.5. The van der Waals surface area contributed by atoms with Crippen LogP contribution < -0.4 is 25.0 Å². The van der Waals surface area contributed by atoms with Crippen molar-refractivity contribution in [3.63, 3.8) is 0 Å². The summed E-state index contributed by atoms with van der Waals surface area (Å²) in [5.74, 6) is -1.62. The number of ether oxygens (including phenoxy) is 2. The van der Waals surface area contributed by atoms with Gasteiger partial charge in [-0.3, -0.25) is 19.3 Å². The molecule has 0 saturated carbocycles. The predicted octanol–water partition coefficient (Wildman–Crippen LogP) is 4.08. The van der Waals surface area contributed by atoms with Crippen LogP contribution in [0.25, 0.3) is 0 Å². The van der Waals surface area contributed by atoms with E-state index in [1.807, 2.05) is 0 Å². The lowest BCUT2D eigenvalue weighted by Crippen LogP contribution is -2.51. The summed E-state index contributed by atoms with van der Waals surface area (Å²) in [5, 5.41) is 5.31. The molecule has 0 radical (unpaired) electrons. The minimum absolute atomic E-state index is 0.00308. The molecule has 1 aliphatic heterocycles. The van der Waals surface area contributed by atoms with E-state index in [-0.39, 0.29) is 23.9 Å². The summed E-state index contributed by atoms with van der Waals surface area (Å²) in [4.78, 5) is 41.3. The third kappa shape index (κ3) is 5.48. The van der Waals surface area contributed by atoms with Crippen molar-refractivity contribution in [2.45, 2.75) is 39.3 Å². The van der Waals surface area contributed by atoms with Crippen molar-refractivity contribution >= 4 is 29.1 Å². The van der Waals surface area contributed by atoms with Crippen molar-refractivity contribution in [3.05, 3.63) is 71.9 Å². The van der Waals surface area contributed by atoms with Gasteiger partial charge in [-0.2, -0.15) is 0 Å². The van der Waals surface area contributed by atoms with Gasteiger partial charge in [0, 0.05) is 23.0 Å². The SMILES string of the molecule is Cc1ccc(C(C(=O)NC(C)(C)C)N(C(=O)C(=O)Nc2ccc(F)cc2)c2ccc3c(c2)OCO3)o1. The highest BCUT2D eigenvalue weighted by Gasteiger charge is 2.39. The molecule has 1 atom stereocenters. The summed E-state index contributed by atoms with van der Waals surface area (Å²) < 4.78 is 29.9. The number of nitrogens with zero attached hydrogens (tertiary/aromatic N) is 1. The van der Waals surface area contributed by atoms with Gasteiger partial charge in [0.1, 0.15) is 17.3 Å². The fourth-order valence-corrected chi connectivity index (χ4v) is 3.66. The van der Waals surface area contributed by atoms with Crippen LogP contribution in [0.3, 0.4) is 0 Å².